The fourth-order valence-corrected chi connectivity index (χ4v) is 3.26. The Hall–Kier alpha value is -3.15. The summed E-state index contributed by atoms with van der Waals surface area (Å²) >= 11 is 0. The topological polar surface area (TPSA) is 67.2 Å². The van der Waals surface area contributed by atoms with E-state index in [0.717, 1.165) is 35.2 Å². The number of nitrogens with zero attached hydrogens (tertiary/aromatic N) is 3. The Labute approximate surface area is 151 Å². The van der Waals surface area contributed by atoms with Crippen molar-refractivity contribution >= 4 is 28.5 Å². The average Bonchev–Trinajstić information content (AvgIpc) is 3.27. The second kappa shape index (κ2) is 7.00. The van der Waals surface area contributed by atoms with E-state index in [2.05, 4.69) is 10.3 Å². The number of carbonyl (C=O) groups excluding carboxylic acids is 2. The third-order valence-electron chi connectivity index (χ3n) is 4.65. The smallest absolute Gasteiger partial charge is 0.240 e. The molecule has 1 fully saturated rings. The first-order valence-electron chi connectivity index (χ1n) is 8.76. The van der Waals surface area contributed by atoms with Gasteiger partial charge in [0, 0.05) is 25.2 Å². The van der Waals surface area contributed by atoms with Crippen LogP contribution in [0.15, 0.2) is 54.9 Å². The lowest BCUT2D eigenvalue weighted by atomic mass is 10.2. The summed E-state index contributed by atoms with van der Waals surface area (Å²) in [6.07, 6.45) is 3.23. The van der Waals surface area contributed by atoms with Crippen LogP contribution in [0.3, 0.4) is 0 Å². The first-order chi connectivity index (χ1) is 12.7. The van der Waals surface area contributed by atoms with Crippen molar-refractivity contribution in [2.45, 2.75) is 25.9 Å². The highest BCUT2D eigenvalue weighted by atomic mass is 16.2. The molecule has 1 N–H and O–H groups in total. The highest BCUT2D eigenvalue weighted by Crippen LogP contribution is 2.21. The van der Waals surface area contributed by atoms with E-state index in [0.29, 0.717) is 13.0 Å². The van der Waals surface area contributed by atoms with Crippen molar-refractivity contribution in [3.8, 4) is 0 Å². The lowest BCUT2D eigenvalue weighted by molar-refractivity contribution is -0.121. The van der Waals surface area contributed by atoms with Gasteiger partial charge in [-0.1, -0.05) is 24.3 Å². The Bertz CT molecular complexity index is 946. The molecule has 1 saturated heterocycles. The Morgan fingerprint density at radius 2 is 1.92 bits per heavy atom. The van der Waals surface area contributed by atoms with Crippen LogP contribution in [0, 0.1) is 0 Å². The zero-order valence-electron chi connectivity index (χ0n) is 14.4. The number of aromatic nitrogens is 2. The molecule has 4 rings (SSSR count). The summed E-state index contributed by atoms with van der Waals surface area (Å²) in [7, 11) is 0. The van der Waals surface area contributed by atoms with Crippen molar-refractivity contribution in [3.05, 3.63) is 60.4 Å². The van der Waals surface area contributed by atoms with Crippen LogP contribution in [-0.2, 0) is 22.7 Å². The molecule has 0 aliphatic carbocycles. The number of nitrogens with one attached hydrogen (secondary N) is 1. The van der Waals surface area contributed by atoms with Crippen LogP contribution in [-0.4, -0.2) is 27.9 Å². The number of hydrogen-bond donors (Lipinski definition) is 1. The molecule has 6 nitrogen and oxygen atoms in total. The van der Waals surface area contributed by atoms with Gasteiger partial charge in [0.2, 0.25) is 11.8 Å². The summed E-state index contributed by atoms with van der Waals surface area (Å²) in [6.45, 7) is 1.48. The van der Waals surface area contributed by atoms with E-state index >= 15 is 0 Å². The van der Waals surface area contributed by atoms with Crippen LogP contribution in [0.25, 0.3) is 11.0 Å². The molecule has 1 aliphatic heterocycles. The molecular formula is C20H20N4O2. The molecule has 0 radical (unpaired) electrons. The first-order valence-corrected chi connectivity index (χ1v) is 8.76. The molecule has 0 unspecified atom stereocenters. The van der Waals surface area contributed by atoms with Crippen molar-refractivity contribution in [2.24, 2.45) is 0 Å². The van der Waals surface area contributed by atoms with Gasteiger partial charge in [0.25, 0.3) is 0 Å². The van der Waals surface area contributed by atoms with Gasteiger partial charge in [0.15, 0.2) is 0 Å². The maximum Gasteiger partial charge on any atom is 0.240 e. The minimum atomic E-state index is -0.0630. The predicted molar refractivity (Wildman–Crippen MR) is 99.6 cm³/mol. The minimum Gasteiger partial charge on any atom is -0.350 e. The Morgan fingerprint density at radius 1 is 1.12 bits per heavy atom. The van der Waals surface area contributed by atoms with E-state index in [1.165, 1.54) is 0 Å². The van der Waals surface area contributed by atoms with Crippen molar-refractivity contribution in [1.29, 1.82) is 0 Å². The van der Waals surface area contributed by atoms with Crippen LogP contribution in [0.4, 0.5) is 5.69 Å². The maximum atomic E-state index is 12.2. The lowest BCUT2D eigenvalue weighted by Crippen LogP contribution is -2.27. The van der Waals surface area contributed by atoms with Gasteiger partial charge in [0.05, 0.1) is 17.4 Å². The molecule has 1 aliphatic rings. The van der Waals surface area contributed by atoms with Gasteiger partial charge in [-0.15, -0.1) is 0 Å². The molecule has 1 aromatic heterocycles. The van der Waals surface area contributed by atoms with Crippen molar-refractivity contribution < 1.29 is 9.59 Å². The van der Waals surface area contributed by atoms with E-state index in [-0.39, 0.29) is 18.4 Å². The molecule has 0 spiro atoms. The zero-order chi connectivity index (χ0) is 17.9. The fourth-order valence-electron chi connectivity index (χ4n) is 3.26. The lowest BCUT2D eigenvalue weighted by Gasteiger charge is -2.16. The SMILES string of the molecule is O=C(Cn1cnc2ccccc21)NCc1ccc(N2CCCC2=O)cc1. The Kier molecular flexibility index (Phi) is 4.39. The molecule has 3 aromatic rings. The number of fused-ring (bicyclic) bond motifs is 1. The minimum absolute atomic E-state index is 0.0630. The molecular weight excluding hydrogens is 328 g/mol. The molecule has 26 heavy (non-hydrogen) atoms. The summed E-state index contributed by atoms with van der Waals surface area (Å²) in [5, 5.41) is 2.93. The average molecular weight is 348 g/mol. The first kappa shape index (κ1) is 16.3. The summed E-state index contributed by atoms with van der Waals surface area (Å²) in [6, 6.07) is 15.5. The fraction of sp³-hybridized carbons (Fsp3) is 0.250. The highest BCUT2D eigenvalue weighted by Gasteiger charge is 2.21. The number of anilines is 1. The number of imidazole rings is 1. The Balaban J connectivity index is 1.35. The van der Waals surface area contributed by atoms with Gasteiger partial charge in [0.1, 0.15) is 6.54 Å². The molecule has 0 atom stereocenters. The number of para-hydroxylation sites is 2. The largest absolute Gasteiger partial charge is 0.350 e. The van der Waals surface area contributed by atoms with Crippen molar-refractivity contribution in [1.82, 2.24) is 14.9 Å². The number of rotatable bonds is 5. The van der Waals surface area contributed by atoms with Gasteiger partial charge < -0.3 is 14.8 Å². The molecule has 132 valence electrons. The molecule has 2 heterocycles. The van der Waals surface area contributed by atoms with Crippen LogP contribution < -0.4 is 10.2 Å². The summed E-state index contributed by atoms with van der Waals surface area (Å²) < 4.78 is 1.84. The standard InChI is InChI=1S/C20H20N4O2/c25-19(13-23-14-22-17-4-1-2-5-18(17)23)21-12-15-7-9-16(10-8-15)24-11-3-6-20(24)26/h1-2,4-5,7-10,14H,3,6,11-13H2,(H,21,25). The summed E-state index contributed by atoms with van der Waals surface area (Å²) in [4.78, 5) is 30.1. The van der Waals surface area contributed by atoms with E-state index < -0.39 is 0 Å². The van der Waals surface area contributed by atoms with Crippen LogP contribution in [0.2, 0.25) is 0 Å². The second-order valence-electron chi connectivity index (χ2n) is 6.45. The maximum absolute atomic E-state index is 12.2. The highest BCUT2D eigenvalue weighted by molar-refractivity contribution is 5.95. The zero-order valence-corrected chi connectivity index (χ0v) is 14.4. The third kappa shape index (κ3) is 3.31. The van der Waals surface area contributed by atoms with Crippen molar-refractivity contribution in [2.75, 3.05) is 11.4 Å². The molecule has 2 amide bonds. The quantitative estimate of drug-likeness (QED) is 0.770. The number of hydrogen-bond acceptors (Lipinski definition) is 3. The Morgan fingerprint density at radius 3 is 2.69 bits per heavy atom. The van der Waals surface area contributed by atoms with Gasteiger partial charge in [-0.05, 0) is 36.2 Å². The molecule has 6 heteroatoms. The predicted octanol–water partition coefficient (Wildman–Crippen LogP) is 2.48. The van der Waals surface area contributed by atoms with E-state index in [1.54, 1.807) is 6.33 Å². The van der Waals surface area contributed by atoms with Crippen LogP contribution in [0.5, 0.6) is 0 Å². The van der Waals surface area contributed by atoms with Crippen LogP contribution in [0.1, 0.15) is 18.4 Å². The normalized spacial score (nSPS) is 14.2. The summed E-state index contributed by atoms with van der Waals surface area (Å²) in [5.41, 5.74) is 3.76. The number of amides is 2. The summed E-state index contributed by atoms with van der Waals surface area (Å²) in [5.74, 6) is 0.116. The van der Waals surface area contributed by atoms with Gasteiger partial charge >= 0.3 is 0 Å². The molecule has 2 aromatic carbocycles. The second-order valence-corrected chi connectivity index (χ2v) is 6.45. The van der Waals surface area contributed by atoms with Gasteiger partial charge in [-0.25, -0.2) is 4.98 Å². The van der Waals surface area contributed by atoms with E-state index in [9.17, 15) is 9.59 Å². The van der Waals surface area contributed by atoms with Crippen molar-refractivity contribution in [3.63, 3.8) is 0 Å². The monoisotopic (exact) mass is 348 g/mol. The van der Waals surface area contributed by atoms with Gasteiger partial charge in [-0.3, -0.25) is 9.59 Å². The van der Waals surface area contributed by atoms with Gasteiger partial charge in [-0.2, -0.15) is 0 Å². The number of benzene rings is 2. The van der Waals surface area contributed by atoms with Crippen LogP contribution >= 0.6 is 0 Å². The number of carbonyl (C=O) groups is 2. The van der Waals surface area contributed by atoms with E-state index in [4.69, 9.17) is 0 Å². The molecule has 0 bridgehead atoms. The van der Waals surface area contributed by atoms with E-state index in [1.807, 2.05) is 58.0 Å². The molecule has 0 saturated carbocycles. The third-order valence-corrected chi connectivity index (χ3v) is 4.65.